The van der Waals surface area contributed by atoms with E-state index < -0.39 is 18.3 Å². The molecule has 0 aromatic heterocycles. The zero-order chi connectivity index (χ0) is 25.9. The fourth-order valence-electron chi connectivity index (χ4n) is 5.52. The van der Waals surface area contributed by atoms with Crippen molar-refractivity contribution in [2.75, 3.05) is 19.5 Å². The van der Waals surface area contributed by atoms with Crippen LogP contribution in [0.4, 0.5) is 5.69 Å². The van der Waals surface area contributed by atoms with E-state index in [9.17, 15) is 0 Å². The predicted molar refractivity (Wildman–Crippen MR) is 148 cm³/mol. The first-order valence-corrected chi connectivity index (χ1v) is 13.2. The molecular formula is C30H42BNO4. The van der Waals surface area contributed by atoms with Gasteiger partial charge in [0.1, 0.15) is 11.5 Å². The van der Waals surface area contributed by atoms with E-state index >= 15 is 0 Å². The summed E-state index contributed by atoms with van der Waals surface area (Å²) in [6.07, 6.45) is 6.13. The highest BCUT2D eigenvalue weighted by Crippen LogP contribution is 2.47. The van der Waals surface area contributed by atoms with Crippen molar-refractivity contribution in [2.24, 2.45) is 11.8 Å². The van der Waals surface area contributed by atoms with Crippen molar-refractivity contribution in [2.45, 2.75) is 77.0 Å². The summed E-state index contributed by atoms with van der Waals surface area (Å²) in [5.41, 5.74) is 2.39. The normalized spacial score (nSPS) is 21.0. The van der Waals surface area contributed by atoms with Crippen LogP contribution in [0.25, 0.3) is 0 Å². The van der Waals surface area contributed by atoms with E-state index in [0.717, 1.165) is 22.7 Å². The summed E-state index contributed by atoms with van der Waals surface area (Å²) in [6, 6.07) is 16.5. The lowest BCUT2D eigenvalue weighted by Crippen LogP contribution is -2.41. The Morgan fingerprint density at radius 3 is 2.11 bits per heavy atom. The molecule has 6 heteroatoms. The Morgan fingerprint density at radius 2 is 1.53 bits per heavy atom. The molecule has 2 aromatic rings. The van der Waals surface area contributed by atoms with Crippen molar-refractivity contribution >= 4 is 12.8 Å². The molecule has 0 spiro atoms. The molecule has 2 unspecified atom stereocenters. The SMILES string of the molecule is C=C(B1OC(C)(C)C(C)(C)O1)C(C1CCCCC1)C(Nc1ccc(OC)cc1)c1cccc(OC)c1. The van der Waals surface area contributed by atoms with Gasteiger partial charge in [-0.05, 0) is 93.9 Å². The highest BCUT2D eigenvalue weighted by atomic mass is 16.7. The first kappa shape index (κ1) is 26.6. The summed E-state index contributed by atoms with van der Waals surface area (Å²) < 4.78 is 24.0. The number of benzene rings is 2. The van der Waals surface area contributed by atoms with Gasteiger partial charge in [-0.25, -0.2) is 0 Å². The van der Waals surface area contributed by atoms with Crippen LogP contribution in [-0.2, 0) is 9.31 Å². The van der Waals surface area contributed by atoms with Crippen molar-refractivity contribution in [3.63, 3.8) is 0 Å². The molecule has 2 atom stereocenters. The van der Waals surface area contributed by atoms with Gasteiger partial charge in [0.2, 0.25) is 0 Å². The van der Waals surface area contributed by atoms with Gasteiger partial charge in [-0.3, -0.25) is 0 Å². The minimum atomic E-state index is -0.451. The molecule has 1 heterocycles. The Bertz CT molecular complexity index is 1010. The van der Waals surface area contributed by atoms with E-state index in [4.69, 9.17) is 18.8 Å². The molecule has 1 N–H and O–H groups in total. The van der Waals surface area contributed by atoms with Gasteiger partial charge in [0.15, 0.2) is 0 Å². The number of nitrogens with one attached hydrogen (secondary N) is 1. The second-order valence-corrected chi connectivity index (χ2v) is 11.2. The minimum absolute atomic E-state index is 0.0249. The van der Waals surface area contributed by atoms with Gasteiger partial charge in [-0.15, -0.1) is 6.58 Å². The van der Waals surface area contributed by atoms with Crippen LogP contribution >= 0.6 is 0 Å². The molecule has 4 rings (SSSR count). The van der Waals surface area contributed by atoms with Crippen LogP contribution in [0.3, 0.4) is 0 Å². The van der Waals surface area contributed by atoms with Gasteiger partial charge in [0, 0.05) is 11.6 Å². The Morgan fingerprint density at radius 1 is 0.917 bits per heavy atom. The van der Waals surface area contributed by atoms with Gasteiger partial charge in [0.25, 0.3) is 0 Å². The maximum absolute atomic E-state index is 6.52. The number of ether oxygens (including phenoxy) is 2. The van der Waals surface area contributed by atoms with E-state index in [1.807, 2.05) is 18.2 Å². The molecule has 2 aromatic carbocycles. The summed E-state index contributed by atoms with van der Waals surface area (Å²) in [4.78, 5) is 0. The van der Waals surface area contributed by atoms with Crippen molar-refractivity contribution in [1.29, 1.82) is 0 Å². The highest BCUT2D eigenvalue weighted by molar-refractivity contribution is 6.54. The molecule has 1 aliphatic heterocycles. The van der Waals surface area contributed by atoms with Crippen LogP contribution in [0.15, 0.2) is 60.6 Å². The summed E-state index contributed by atoms with van der Waals surface area (Å²) in [5.74, 6) is 2.28. The Balaban J connectivity index is 1.75. The zero-order valence-corrected chi connectivity index (χ0v) is 22.8. The van der Waals surface area contributed by atoms with Crippen LogP contribution in [-0.4, -0.2) is 32.5 Å². The van der Waals surface area contributed by atoms with Crippen molar-refractivity contribution in [3.05, 3.63) is 66.1 Å². The van der Waals surface area contributed by atoms with E-state index in [0.29, 0.717) is 5.92 Å². The van der Waals surface area contributed by atoms with Crippen LogP contribution < -0.4 is 14.8 Å². The Hall–Kier alpha value is -2.44. The second kappa shape index (κ2) is 10.9. The van der Waals surface area contributed by atoms with Gasteiger partial charge in [0.05, 0.1) is 31.5 Å². The molecule has 194 valence electrons. The van der Waals surface area contributed by atoms with E-state index in [1.54, 1.807) is 14.2 Å². The van der Waals surface area contributed by atoms with E-state index in [1.165, 1.54) is 37.7 Å². The van der Waals surface area contributed by atoms with Gasteiger partial charge in [-0.2, -0.15) is 0 Å². The van der Waals surface area contributed by atoms with E-state index in [-0.39, 0.29) is 12.0 Å². The van der Waals surface area contributed by atoms with Gasteiger partial charge in [-0.1, -0.05) is 31.4 Å². The van der Waals surface area contributed by atoms with Crippen molar-refractivity contribution in [3.8, 4) is 11.5 Å². The lowest BCUT2D eigenvalue weighted by molar-refractivity contribution is 0.00578. The van der Waals surface area contributed by atoms with Crippen LogP contribution in [0.1, 0.15) is 71.4 Å². The number of hydrogen-bond acceptors (Lipinski definition) is 5. The molecule has 1 saturated carbocycles. The molecule has 1 aliphatic carbocycles. The third-order valence-corrected chi connectivity index (χ3v) is 8.37. The summed E-state index contributed by atoms with van der Waals surface area (Å²) >= 11 is 0. The topological polar surface area (TPSA) is 49.0 Å². The summed E-state index contributed by atoms with van der Waals surface area (Å²) in [6.45, 7) is 13.1. The Labute approximate surface area is 217 Å². The molecule has 36 heavy (non-hydrogen) atoms. The summed E-state index contributed by atoms with van der Waals surface area (Å²) in [5, 5.41) is 3.86. The fraction of sp³-hybridized carbons (Fsp3) is 0.533. The third-order valence-electron chi connectivity index (χ3n) is 8.37. The van der Waals surface area contributed by atoms with Crippen LogP contribution in [0, 0.1) is 11.8 Å². The minimum Gasteiger partial charge on any atom is -0.497 e. The van der Waals surface area contributed by atoms with E-state index in [2.05, 4.69) is 69.9 Å². The molecule has 0 amide bonds. The maximum atomic E-state index is 6.52. The predicted octanol–water partition coefficient (Wildman–Crippen LogP) is 7.24. The van der Waals surface area contributed by atoms with Crippen molar-refractivity contribution < 1.29 is 18.8 Å². The number of rotatable bonds is 9. The molecule has 2 aliphatic rings. The average Bonchev–Trinajstić information content (AvgIpc) is 3.11. The molecule has 0 bridgehead atoms. The van der Waals surface area contributed by atoms with Crippen LogP contribution in [0.2, 0.25) is 0 Å². The number of methoxy groups -OCH3 is 2. The summed E-state index contributed by atoms with van der Waals surface area (Å²) in [7, 11) is 2.95. The largest absolute Gasteiger partial charge is 0.497 e. The maximum Gasteiger partial charge on any atom is 0.490 e. The monoisotopic (exact) mass is 491 g/mol. The highest BCUT2D eigenvalue weighted by Gasteiger charge is 2.54. The van der Waals surface area contributed by atoms with Crippen molar-refractivity contribution in [1.82, 2.24) is 0 Å². The lowest BCUT2D eigenvalue weighted by Gasteiger charge is -2.39. The molecule has 1 saturated heterocycles. The first-order valence-electron chi connectivity index (χ1n) is 13.2. The first-order chi connectivity index (χ1) is 17.1. The number of anilines is 1. The smallest absolute Gasteiger partial charge is 0.490 e. The molecule has 5 nitrogen and oxygen atoms in total. The van der Waals surface area contributed by atoms with Gasteiger partial charge >= 0.3 is 7.12 Å². The molecule has 2 fully saturated rings. The fourth-order valence-corrected chi connectivity index (χ4v) is 5.52. The quantitative estimate of drug-likeness (QED) is 0.375. The lowest BCUT2D eigenvalue weighted by atomic mass is 9.61. The molecule has 0 radical (unpaired) electrons. The second-order valence-electron chi connectivity index (χ2n) is 11.2. The average molecular weight is 491 g/mol. The Kier molecular flexibility index (Phi) is 8.06. The molecular weight excluding hydrogens is 449 g/mol. The van der Waals surface area contributed by atoms with Crippen LogP contribution in [0.5, 0.6) is 11.5 Å². The zero-order valence-electron chi connectivity index (χ0n) is 22.8. The standard InChI is InChI=1S/C30H42BNO4/c1-21(31-35-29(2,3)30(4,5)36-31)27(22-12-9-8-10-13-22)28(23-14-11-15-26(20-23)34-7)32-24-16-18-25(33-6)19-17-24/h11,14-20,22,27-28,32H,1,8-10,12-13H2,2-7H3. The van der Waals surface area contributed by atoms with Gasteiger partial charge < -0.3 is 24.1 Å². The third kappa shape index (κ3) is 5.60. The number of hydrogen-bond donors (Lipinski definition) is 1.